The van der Waals surface area contributed by atoms with Gasteiger partial charge in [0.05, 0.1) is 0 Å². The van der Waals surface area contributed by atoms with Gasteiger partial charge in [-0.15, -0.1) is 0 Å². The Morgan fingerprint density at radius 1 is 1.10 bits per heavy atom. The summed E-state index contributed by atoms with van der Waals surface area (Å²) in [6.07, 6.45) is 4.09. The van der Waals surface area contributed by atoms with E-state index >= 15 is 0 Å². The Hall–Kier alpha value is -2.78. The number of nitrogens with zero attached hydrogens (tertiary/aromatic N) is 2. The van der Waals surface area contributed by atoms with E-state index in [1.165, 1.54) is 22.8 Å². The number of rotatable bonds is 6. The van der Waals surface area contributed by atoms with Gasteiger partial charge in [0, 0.05) is 37.7 Å². The predicted octanol–water partition coefficient (Wildman–Crippen LogP) is 2.36. The molecular formula is C22H28N4O4S. The van der Waals surface area contributed by atoms with Crippen molar-refractivity contribution in [3.05, 3.63) is 54.4 Å². The maximum atomic E-state index is 12.6. The molecule has 2 aromatic rings. The summed E-state index contributed by atoms with van der Waals surface area (Å²) < 4.78 is 26.7. The first kappa shape index (κ1) is 22.9. The summed E-state index contributed by atoms with van der Waals surface area (Å²) in [6.45, 7) is 5.23. The molecule has 0 unspecified atom stereocenters. The van der Waals surface area contributed by atoms with Crippen LogP contribution < -0.4 is 10.6 Å². The summed E-state index contributed by atoms with van der Waals surface area (Å²) in [5.41, 5.74) is 1.72. The van der Waals surface area contributed by atoms with Crippen molar-refractivity contribution in [3.63, 3.8) is 0 Å². The van der Waals surface area contributed by atoms with E-state index in [4.69, 9.17) is 0 Å². The quantitative estimate of drug-likeness (QED) is 0.665. The highest BCUT2D eigenvalue weighted by atomic mass is 32.2. The number of nitrogens with one attached hydrogen (secondary N) is 2. The average Bonchev–Trinajstić information content (AvgIpc) is 2.78. The van der Waals surface area contributed by atoms with Crippen LogP contribution >= 0.6 is 0 Å². The van der Waals surface area contributed by atoms with E-state index in [1.807, 2.05) is 12.1 Å². The number of anilines is 1. The molecule has 166 valence electrons. The van der Waals surface area contributed by atoms with Gasteiger partial charge in [-0.1, -0.05) is 26.0 Å². The van der Waals surface area contributed by atoms with Gasteiger partial charge in [-0.3, -0.25) is 14.6 Å². The lowest BCUT2D eigenvalue weighted by Gasteiger charge is -2.31. The number of sulfonamides is 1. The smallest absolute Gasteiger partial charge is 0.313 e. The van der Waals surface area contributed by atoms with Crippen LogP contribution in [-0.4, -0.2) is 49.2 Å². The second-order valence-electron chi connectivity index (χ2n) is 7.98. The number of amides is 2. The van der Waals surface area contributed by atoms with E-state index in [-0.39, 0.29) is 10.8 Å². The lowest BCUT2D eigenvalue weighted by Crippen LogP contribution is -2.43. The SMILES string of the molecule is CC(C)c1ccc(NC(=O)C(=O)NCC2CCN(S(=O)(=O)c3cccnc3)CC2)cc1. The molecular weight excluding hydrogens is 416 g/mol. The van der Waals surface area contributed by atoms with Crippen LogP contribution in [0, 0.1) is 5.92 Å². The van der Waals surface area contributed by atoms with E-state index in [2.05, 4.69) is 29.5 Å². The zero-order valence-corrected chi connectivity index (χ0v) is 18.6. The number of hydrogen-bond acceptors (Lipinski definition) is 5. The molecule has 1 aromatic heterocycles. The van der Waals surface area contributed by atoms with Crippen LogP contribution in [0.1, 0.15) is 38.2 Å². The normalized spacial score (nSPS) is 15.6. The van der Waals surface area contributed by atoms with Crippen molar-refractivity contribution in [2.75, 3.05) is 25.0 Å². The molecule has 0 radical (unpaired) electrons. The molecule has 2 N–H and O–H groups in total. The summed E-state index contributed by atoms with van der Waals surface area (Å²) in [4.78, 5) is 28.3. The fraction of sp³-hybridized carbons (Fsp3) is 0.409. The maximum Gasteiger partial charge on any atom is 0.313 e. The van der Waals surface area contributed by atoms with Crippen molar-refractivity contribution in [2.24, 2.45) is 5.92 Å². The first-order valence-corrected chi connectivity index (χ1v) is 11.8. The third-order valence-electron chi connectivity index (χ3n) is 5.44. The Morgan fingerprint density at radius 2 is 1.77 bits per heavy atom. The standard InChI is InChI=1S/C22H28N4O4S/c1-16(2)18-5-7-19(8-6-18)25-22(28)21(27)24-14-17-9-12-26(13-10-17)31(29,30)20-4-3-11-23-15-20/h3-8,11,15-17H,9-10,12-14H2,1-2H3,(H,24,27)(H,25,28). The van der Waals surface area contributed by atoms with Crippen LogP contribution in [0.2, 0.25) is 0 Å². The number of piperidine rings is 1. The van der Waals surface area contributed by atoms with Crippen LogP contribution in [0.25, 0.3) is 0 Å². The molecule has 9 heteroatoms. The van der Waals surface area contributed by atoms with Crippen molar-refractivity contribution in [1.29, 1.82) is 0 Å². The summed E-state index contributed by atoms with van der Waals surface area (Å²) in [7, 11) is -3.55. The van der Waals surface area contributed by atoms with Crippen LogP contribution in [0.3, 0.4) is 0 Å². The number of pyridine rings is 1. The van der Waals surface area contributed by atoms with Gasteiger partial charge in [0.25, 0.3) is 0 Å². The minimum atomic E-state index is -3.55. The van der Waals surface area contributed by atoms with Crippen LogP contribution in [0.15, 0.2) is 53.7 Å². The molecule has 1 fully saturated rings. The molecule has 31 heavy (non-hydrogen) atoms. The van der Waals surface area contributed by atoms with Gasteiger partial charge in [-0.2, -0.15) is 4.31 Å². The second-order valence-corrected chi connectivity index (χ2v) is 9.91. The fourth-order valence-corrected chi connectivity index (χ4v) is 4.89. The molecule has 1 saturated heterocycles. The molecule has 0 saturated carbocycles. The van der Waals surface area contributed by atoms with Crippen LogP contribution in [0.5, 0.6) is 0 Å². The fourth-order valence-electron chi connectivity index (χ4n) is 3.46. The topological polar surface area (TPSA) is 108 Å². The summed E-state index contributed by atoms with van der Waals surface area (Å²) in [5, 5.41) is 5.25. The summed E-state index contributed by atoms with van der Waals surface area (Å²) in [5.74, 6) is -0.909. The number of benzene rings is 1. The molecule has 1 aromatic carbocycles. The highest BCUT2D eigenvalue weighted by Gasteiger charge is 2.29. The number of hydrogen-bond donors (Lipinski definition) is 2. The van der Waals surface area contributed by atoms with Gasteiger partial charge in [-0.25, -0.2) is 8.42 Å². The molecule has 1 aliphatic rings. The summed E-state index contributed by atoms with van der Waals surface area (Å²) >= 11 is 0. The van der Waals surface area contributed by atoms with E-state index < -0.39 is 21.8 Å². The molecule has 3 rings (SSSR count). The van der Waals surface area contributed by atoms with Crippen molar-refractivity contribution in [3.8, 4) is 0 Å². The zero-order valence-electron chi connectivity index (χ0n) is 17.7. The monoisotopic (exact) mass is 444 g/mol. The lowest BCUT2D eigenvalue weighted by molar-refractivity contribution is -0.136. The van der Waals surface area contributed by atoms with E-state index in [0.29, 0.717) is 44.1 Å². The zero-order chi connectivity index (χ0) is 22.4. The first-order chi connectivity index (χ1) is 14.8. The van der Waals surface area contributed by atoms with Crippen LogP contribution in [0.4, 0.5) is 5.69 Å². The molecule has 0 atom stereocenters. The van der Waals surface area contributed by atoms with Gasteiger partial charge in [0.1, 0.15) is 4.90 Å². The Bertz CT molecular complexity index is 1000. The second kappa shape index (κ2) is 10.0. The Kier molecular flexibility index (Phi) is 7.40. The number of carbonyl (C=O) groups is 2. The van der Waals surface area contributed by atoms with Gasteiger partial charge < -0.3 is 10.6 Å². The third kappa shape index (κ3) is 5.89. The third-order valence-corrected chi connectivity index (χ3v) is 7.32. The number of carbonyl (C=O) groups excluding carboxylic acids is 2. The molecule has 0 aliphatic carbocycles. The molecule has 8 nitrogen and oxygen atoms in total. The Labute approximate surface area is 183 Å². The predicted molar refractivity (Wildman–Crippen MR) is 118 cm³/mol. The van der Waals surface area contributed by atoms with Gasteiger partial charge in [0.2, 0.25) is 10.0 Å². The highest BCUT2D eigenvalue weighted by molar-refractivity contribution is 7.89. The Balaban J connectivity index is 1.44. The van der Waals surface area contributed by atoms with Gasteiger partial charge in [-0.05, 0) is 54.5 Å². The molecule has 0 bridgehead atoms. The van der Waals surface area contributed by atoms with E-state index in [9.17, 15) is 18.0 Å². The van der Waals surface area contributed by atoms with E-state index in [1.54, 1.807) is 18.2 Å². The van der Waals surface area contributed by atoms with Gasteiger partial charge in [0.15, 0.2) is 0 Å². The molecule has 2 amide bonds. The molecule has 2 heterocycles. The van der Waals surface area contributed by atoms with Crippen molar-refractivity contribution in [1.82, 2.24) is 14.6 Å². The maximum absolute atomic E-state index is 12.6. The average molecular weight is 445 g/mol. The molecule has 1 aliphatic heterocycles. The molecule has 0 spiro atoms. The van der Waals surface area contributed by atoms with Crippen molar-refractivity contribution >= 4 is 27.5 Å². The first-order valence-electron chi connectivity index (χ1n) is 10.4. The minimum Gasteiger partial charge on any atom is -0.348 e. The number of aromatic nitrogens is 1. The van der Waals surface area contributed by atoms with Crippen molar-refractivity contribution in [2.45, 2.75) is 37.5 Å². The minimum absolute atomic E-state index is 0.113. The lowest BCUT2D eigenvalue weighted by atomic mass is 9.98. The Morgan fingerprint density at radius 3 is 2.35 bits per heavy atom. The van der Waals surface area contributed by atoms with Gasteiger partial charge >= 0.3 is 11.8 Å². The van der Waals surface area contributed by atoms with Crippen LogP contribution in [-0.2, 0) is 19.6 Å². The van der Waals surface area contributed by atoms with Crippen molar-refractivity contribution < 1.29 is 18.0 Å². The largest absolute Gasteiger partial charge is 0.348 e. The highest BCUT2D eigenvalue weighted by Crippen LogP contribution is 2.23. The summed E-state index contributed by atoms with van der Waals surface area (Å²) in [6, 6.07) is 10.5. The van der Waals surface area contributed by atoms with E-state index in [0.717, 1.165) is 5.56 Å².